The molecule has 2 N–H and O–H groups in total. The number of nitrogens with two attached hydrogens (primary N) is 1. The Morgan fingerprint density at radius 3 is 3.15 bits per heavy atom. The second-order valence-electron chi connectivity index (χ2n) is 5.17. The summed E-state index contributed by atoms with van der Waals surface area (Å²) in [6, 6.07) is 0. The lowest BCUT2D eigenvalue weighted by Crippen LogP contribution is -2.45. The van der Waals surface area contributed by atoms with Gasteiger partial charge in [-0.25, -0.2) is 4.68 Å². The summed E-state index contributed by atoms with van der Waals surface area (Å²) in [4.78, 5) is 14.0. The van der Waals surface area contributed by atoms with Crippen LogP contribution in [0, 0.1) is 0 Å². The van der Waals surface area contributed by atoms with E-state index in [0.717, 1.165) is 25.0 Å². The van der Waals surface area contributed by atoms with E-state index in [1.165, 1.54) is 0 Å². The first kappa shape index (κ1) is 14.9. The van der Waals surface area contributed by atoms with Crippen LogP contribution in [-0.4, -0.2) is 58.1 Å². The first-order chi connectivity index (χ1) is 9.69. The van der Waals surface area contributed by atoms with Crippen molar-refractivity contribution in [3.8, 4) is 0 Å². The number of carbonyl (C=O) groups is 1. The van der Waals surface area contributed by atoms with Crippen molar-refractivity contribution >= 4 is 5.91 Å². The van der Waals surface area contributed by atoms with Crippen LogP contribution in [0.5, 0.6) is 0 Å². The number of aryl methyl sites for hydroxylation is 1. The van der Waals surface area contributed by atoms with Gasteiger partial charge in [-0.2, -0.15) is 0 Å². The van der Waals surface area contributed by atoms with Crippen molar-refractivity contribution in [2.75, 3.05) is 26.2 Å². The number of amides is 1. The molecule has 1 amide bonds. The van der Waals surface area contributed by atoms with Gasteiger partial charge in [0.05, 0.1) is 18.4 Å². The van der Waals surface area contributed by atoms with Crippen LogP contribution >= 0.6 is 0 Å². The zero-order valence-corrected chi connectivity index (χ0v) is 12.0. The Morgan fingerprint density at radius 2 is 2.40 bits per heavy atom. The average Bonchev–Trinajstić information content (AvgIpc) is 2.86. The first-order valence-electron chi connectivity index (χ1n) is 7.17. The molecular formula is C13H23N5O2. The summed E-state index contributed by atoms with van der Waals surface area (Å²) in [6.07, 6.45) is 4.80. The number of hydrogen-bond acceptors (Lipinski definition) is 5. The van der Waals surface area contributed by atoms with E-state index in [-0.39, 0.29) is 18.6 Å². The fraction of sp³-hybridized carbons (Fsp3) is 0.769. The van der Waals surface area contributed by atoms with E-state index in [4.69, 9.17) is 10.5 Å². The second kappa shape index (κ2) is 7.35. The number of morpholine rings is 1. The van der Waals surface area contributed by atoms with Crippen LogP contribution in [0.3, 0.4) is 0 Å². The van der Waals surface area contributed by atoms with Gasteiger partial charge in [0.25, 0.3) is 0 Å². The van der Waals surface area contributed by atoms with Crippen molar-refractivity contribution in [2.45, 2.75) is 38.8 Å². The summed E-state index contributed by atoms with van der Waals surface area (Å²) in [5.41, 5.74) is 6.37. The molecular weight excluding hydrogens is 258 g/mol. The van der Waals surface area contributed by atoms with E-state index in [0.29, 0.717) is 26.2 Å². The predicted octanol–water partition coefficient (Wildman–Crippen LogP) is -0.193. The number of ether oxygens (including phenoxy) is 1. The number of rotatable bonds is 6. The SMILES string of the molecule is CC1CN(C(=O)Cn2cc(CCCCN)nn2)CCO1. The fourth-order valence-electron chi connectivity index (χ4n) is 2.26. The van der Waals surface area contributed by atoms with Gasteiger partial charge in [0.1, 0.15) is 6.54 Å². The average molecular weight is 281 g/mol. The van der Waals surface area contributed by atoms with Gasteiger partial charge in [0.2, 0.25) is 5.91 Å². The molecule has 1 fully saturated rings. The molecule has 112 valence electrons. The zero-order valence-electron chi connectivity index (χ0n) is 12.0. The molecule has 1 saturated heterocycles. The highest BCUT2D eigenvalue weighted by atomic mass is 16.5. The molecule has 1 aliphatic rings. The number of aromatic nitrogens is 3. The van der Waals surface area contributed by atoms with Crippen LogP contribution in [0.1, 0.15) is 25.5 Å². The maximum Gasteiger partial charge on any atom is 0.244 e. The minimum absolute atomic E-state index is 0.0681. The Morgan fingerprint density at radius 1 is 1.55 bits per heavy atom. The third-order valence-corrected chi connectivity index (χ3v) is 3.36. The van der Waals surface area contributed by atoms with E-state index >= 15 is 0 Å². The van der Waals surface area contributed by atoms with Crippen LogP contribution in [0.15, 0.2) is 6.20 Å². The summed E-state index contributed by atoms with van der Waals surface area (Å²) in [7, 11) is 0. The van der Waals surface area contributed by atoms with Crippen molar-refractivity contribution in [1.29, 1.82) is 0 Å². The predicted molar refractivity (Wildman–Crippen MR) is 74.0 cm³/mol. The maximum absolute atomic E-state index is 12.1. The highest BCUT2D eigenvalue weighted by molar-refractivity contribution is 5.76. The molecule has 0 radical (unpaired) electrons. The molecule has 20 heavy (non-hydrogen) atoms. The summed E-state index contributed by atoms with van der Waals surface area (Å²) in [5, 5.41) is 8.08. The minimum Gasteiger partial charge on any atom is -0.375 e. The van der Waals surface area contributed by atoms with Crippen LogP contribution < -0.4 is 5.73 Å². The van der Waals surface area contributed by atoms with E-state index in [9.17, 15) is 4.79 Å². The lowest BCUT2D eigenvalue weighted by atomic mass is 10.2. The number of nitrogens with zero attached hydrogens (tertiary/aromatic N) is 4. The minimum atomic E-state index is 0.0681. The van der Waals surface area contributed by atoms with Gasteiger partial charge in [-0.1, -0.05) is 5.21 Å². The number of carbonyl (C=O) groups excluding carboxylic acids is 1. The molecule has 0 aliphatic carbocycles. The topological polar surface area (TPSA) is 86.3 Å². The molecule has 0 saturated carbocycles. The van der Waals surface area contributed by atoms with Crippen LogP contribution in [0.25, 0.3) is 0 Å². The smallest absolute Gasteiger partial charge is 0.244 e. The molecule has 1 aromatic rings. The lowest BCUT2D eigenvalue weighted by Gasteiger charge is -2.31. The van der Waals surface area contributed by atoms with Gasteiger partial charge in [0.15, 0.2) is 0 Å². The Bertz CT molecular complexity index is 434. The van der Waals surface area contributed by atoms with E-state index < -0.39 is 0 Å². The van der Waals surface area contributed by atoms with Crippen molar-refractivity contribution < 1.29 is 9.53 Å². The zero-order chi connectivity index (χ0) is 14.4. The molecule has 1 unspecified atom stereocenters. The molecule has 7 nitrogen and oxygen atoms in total. The summed E-state index contributed by atoms with van der Waals surface area (Å²) in [5.74, 6) is 0.0681. The first-order valence-corrected chi connectivity index (χ1v) is 7.17. The summed E-state index contributed by atoms with van der Waals surface area (Å²) in [6.45, 7) is 4.83. The summed E-state index contributed by atoms with van der Waals surface area (Å²) < 4.78 is 7.04. The molecule has 2 rings (SSSR count). The van der Waals surface area contributed by atoms with E-state index in [1.807, 2.05) is 18.0 Å². The molecule has 0 aromatic carbocycles. The molecule has 1 aromatic heterocycles. The van der Waals surface area contributed by atoms with Crippen molar-refractivity contribution in [1.82, 2.24) is 19.9 Å². The Balaban J connectivity index is 1.81. The lowest BCUT2D eigenvalue weighted by molar-refractivity contribution is -0.139. The molecule has 2 heterocycles. The molecule has 0 spiro atoms. The van der Waals surface area contributed by atoms with Gasteiger partial charge in [-0.3, -0.25) is 4.79 Å². The molecule has 0 bridgehead atoms. The van der Waals surface area contributed by atoms with Gasteiger partial charge in [-0.15, -0.1) is 5.10 Å². The number of hydrogen-bond donors (Lipinski definition) is 1. The van der Waals surface area contributed by atoms with Gasteiger partial charge in [0, 0.05) is 19.3 Å². The van der Waals surface area contributed by atoms with Crippen LogP contribution in [0.4, 0.5) is 0 Å². The Labute approximate surface area is 119 Å². The van der Waals surface area contributed by atoms with Gasteiger partial charge >= 0.3 is 0 Å². The monoisotopic (exact) mass is 281 g/mol. The summed E-state index contributed by atoms with van der Waals surface area (Å²) >= 11 is 0. The Kier molecular flexibility index (Phi) is 5.49. The van der Waals surface area contributed by atoms with Gasteiger partial charge < -0.3 is 15.4 Å². The van der Waals surface area contributed by atoms with E-state index in [2.05, 4.69) is 10.3 Å². The van der Waals surface area contributed by atoms with Crippen LogP contribution in [-0.2, 0) is 22.5 Å². The normalized spacial score (nSPS) is 19.3. The highest BCUT2D eigenvalue weighted by Gasteiger charge is 2.21. The number of unbranched alkanes of at least 4 members (excludes halogenated alkanes) is 1. The van der Waals surface area contributed by atoms with Crippen molar-refractivity contribution in [2.24, 2.45) is 5.73 Å². The third-order valence-electron chi connectivity index (χ3n) is 3.36. The van der Waals surface area contributed by atoms with Crippen molar-refractivity contribution in [3.05, 3.63) is 11.9 Å². The largest absolute Gasteiger partial charge is 0.375 e. The van der Waals surface area contributed by atoms with E-state index in [1.54, 1.807) is 4.68 Å². The quantitative estimate of drug-likeness (QED) is 0.730. The van der Waals surface area contributed by atoms with Crippen molar-refractivity contribution in [3.63, 3.8) is 0 Å². The third kappa shape index (κ3) is 4.28. The maximum atomic E-state index is 12.1. The standard InChI is InChI=1S/C13H23N5O2/c1-11-8-17(6-7-20-11)13(19)10-18-9-12(15-16-18)4-2-3-5-14/h9,11H,2-8,10,14H2,1H3. The second-order valence-corrected chi connectivity index (χ2v) is 5.17. The van der Waals surface area contributed by atoms with Gasteiger partial charge in [-0.05, 0) is 32.7 Å². The molecule has 7 heteroatoms. The highest BCUT2D eigenvalue weighted by Crippen LogP contribution is 2.06. The van der Waals surface area contributed by atoms with Crippen LogP contribution in [0.2, 0.25) is 0 Å². The Hall–Kier alpha value is -1.47. The molecule has 1 aliphatic heterocycles. The molecule has 1 atom stereocenters. The fourth-order valence-corrected chi connectivity index (χ4v) is 2.26.